The molecule has 1 aliphatic rings. The first-order valence-electron chi connectivity index (χ1n) is 7.49. The molecule has 3 heteroatoms. The lowest BCUT2D eigenvalue weighted by molar-refractivity contribution is 0.125. The predicted molar refractivity (Wildman–Crippen MR) is 84.2 cm³/mol. The topological polar surface area (TPSA) is 25.4 Å². The molecule has 0 saturated heterocycles. The Labute approximate surface area is 126 Å². The largest absolute Gasteiger partial charge is 0.490 e. The van der Waals surface area contributed by atoms with Crippen LogP contribution in [0.2, 0.25) is 0 Å². The van der Waals surface area contributed by atoms with E-state index in [1.807, 2.05) is 12.1 Å². The number of rotatable bonds is 6. The molecule has 110 valence electrons. The van der Waals surface area contributed by atoms with Gasteiger partial charge in [0.15, 0.2) is 0 Å². The average molecular weight is 282 g/mol. The van der Waals surface area contributed by atoms with Crippen LogP contribution >= 0.6 is 0 Å². The number of hydrogen-bond acceptors (Lipinski definition) is 3. The van der Waals surface area contributed by atoms with Gasteiger partial charge in [-0.05, 0) is 37.1 Å². The minimum atomic E-state index is 0.158. The molecule has 2 atom stereocenters. The van der Waals surface area contributed by atoms with Crippen molar-refractivity contribution in [3.8, 4) is 5.75 Å². The maximum atomic E-state index is 5.96. The number of aromatic nitrogens is 1. The average Bonchev–Trinajstić information content (AvgIpc) is 3.19. The zero-order chi connectivity index (χ0) is 14.7. The fourth-order valence-electron chi connectivity index (χ4n) is 2.97. The van der Waals surface area contributed by atoms with Crippen molar-refractivity contribution in [2.24, 2.45) is 5.92 Å². The quantitative estimate of drug-likeness (QED) is 0.812. The summed E-state index contributed by atoms with van der Waals surface area (Å²) in [6.07, 6.45) is 4.73. The van der Waals surface area contributed by atoms with Gasteiger partial charge in [0.2, 0.25) is 0 Å². The number of hydrogen-bond donors (Lipinski definition) is 0. The van der Waals surface area contributed by atoms with E-state index in [1.54, 1.807) is 12.4 Å². The Morgan fingerprint density at radius 2 is 2.00 bits per heavy atom. The summed E-state index contributed by atoms with van der Waals surface area (Å²) in [5.74, 6) is 1.52. The molecule has 3 rings (SSSR count). The molecule has 21 heavy (non-hydrogen) atoms. The zero-order valence-corrected chi connectivity index (χ0v) is 12.7. The highest BCUT2D eigenvalue weighted by Crippen LogP contribution is 2.48. The first kappa shape index (κ1) is 14.1. The molecule has 1 aromatic heterocycles. The Morgan fingerprint density at radius 1 is 1.24 bits per heavy atom. The maximum Gasteiger partial charge on any atom is 0.137 e. The van der Waals surface area contributed by atoms with Gasteiger partial charge in [-0.1, -0.05) is 37.3 Å². The number of ether oxygens (including phenoxy) is 1. The van der Waals surface area contributed by atoms with Gasteiger partial charge in [-0.2, -0.15) is 0 Å². The van der Waals surface area contributed by atoms with Gasteiger partial charge in [0.25, 0.3) is 0 Å². The highest BCUT2D eigenvalue weighted by molar-refractivity contribution is 5.19. The molecule has 2 aromatic rings. The van der Waals surface area contributed by atoms with Crippen molar-refractivity contribution in [2.45, 2.75) is 25.4 Å². The molecule has 1 fully saturated rings. The molecule has 0 aliphatic heterocycles. The molecule has 1 saturated carbocycles. The molecule has 0 radical (unpaired) electrons. The fraction of sp³-hybridized carbons (Fsp3) is 0.389. The lowest BCUT2D eigenvalue weighted by atomic mass is 10.1. The van der Waals surface area contributed by atoms with E-state index in [4.69, 9.17) is 4.74 Å². The van der Waals surface area contributed by atoms with Crippen molar-refractivity contribution in [1.29, 1.82) is 0 Å². The molecule has 1 aromatic carbocycles. The van der Waals surface area contributed by atoms with Crippen LogP contribution in [0.5, 0.6) is 5.75 Å². The number of benzene rings is 1. The summed E-state index contributed by atoms with van der Waals surface area (Å²) < 4.78 is 5.96. The highest BCUT2D eigenvalue weighted by Gasteiger charge is 2.54. The molecule has 3 nitrogen and oxygen atoms in total. The van der Waals surface area contributed by atoms with Crippen LogP contribution in [0.3, 0.4) is 0 Å². The zero-order valence-electron chi connectivity index (χ0n) is 12.7. The minimum absolute atomic E-state index is 0.158. The van der Waals surface area contributed by atoms with Crippen LogP contribution in [-0.2, 0) is 6.54 Å². The summed E-state index contributed by atoms with van der Waals surface area (Å²) in [5, 5.41) is 0. The van der Waals surface area contributed by atoms with Crippen LogP contribution in [-0.4, -0.2) is 29.1 Å². The summed E-state index contributed by atoms with van der Waals surface area (Å²) >= 11 is 0. The van der Waals surface area contributed by atoms with E-state index < -0.39 is 0 Å². The molecule has 1 heterocycles. The first-order valence-corrected chi connectivity index (χ1v) is 7.49. The summed E-state index contributed by atoms with van der Waals surface area (Å²) in [6, 6.07) is 14.5. The molecular weight excluding hydrogens is 260 g/mol. The van der Waals surface area contributed by atoms with Crippen molar-refractivity contribution in [3.05, 3.63) is 60.4 Å². The first-order chi connectivity index (χ1) is 10.2. The summed E-state index contributed by atoms with van der Waals surface area (Å²) in [5.41, 5.74) is 1.51. The van der Waals surface area contributed by atoms with Crippen LogP contribution in [0.25, 0.3) is 0 Å². The SMILES string of the molecule is C[C@H]1C[C@]1(COc1cccnc1)N(C)Cc1ccccc1. The van der Waals surface area contributed by atoms with Crippen LogP contribution < -0.4 is 4.74 Å². The van der Waals surface area contributed by atoms with E-state index in [1.165, 1.54) is 12.0 Å². The Morgan fingerprint density at radius 3 is 2.62 bits per heavy atom. The van der Waals surface area contributed by atoms with Crippen LogP contribution in [0.15, 0.2) is 54.9 Å². The van der Waals surface area contributed by atoms with E-state index in [2.05, 4.69) is 54.2 Å². The Hall–Kier alpha value is -1.87. The lowest BCUT2D eigenvalue weighted by Gasteiger charge is -2.29. The van der Waals surface area contributed by atoms with E-state index in [-0.39, 0.29) is 5.54 Å². The standard InChI is InChI=1S/C18H22N2O/c1-15-11-18(15,14-21-17-9-6-10-19-12-17)20(2)13-16-7-4-3-5-8-16/h3-10,12,15H,11,13-14H2,1-2H3/t15-,18+/m0/s1. The molecule has 0 amide bonds. The van der Waals surface area contributed by atoms with E-state index >= 15 is 0 Å². The van der Waals surface area contributed by atoms with Gasteiger partial charge in [-0.15, -0.1) is 0 Å². The van der Waals surface area contributed by atoms with Gasteiger partial charge in [0.05, 0.1) is 11.7 Å². The number of nitrogens with zero attached hydrogens (tertiary/aromatic N) is 2. The molecule has 0 unspecified atom stereocenters. The monoisotopic (exact) mass is 282 g/mol. The van der Waals surface area contributed by atoms with Crippen LogP contribution in [0.4, 0.5) is 0 Å². The van der Waals surface area contributed by atoms with Crippen molar-refractivity contribution in [1.82, 2.24) is 9.88 Å². The van der Waals surface area contributed by atoms with Crippen LogP contribution in [0, 0.1) is 5.92 Å². The predicted octanol–water partition coefficient (Wildman–Crippen LogP) is 3.37. The van der Waals surface area contributed by atoms with Crippen LogP contribution in [0.1, 0.15) is 18.9 Å². The third-order valence-electron chi connectivity index (χ3n) is 4.56. The smallest absolute Gasteiger partial charge is 0.137 e. The van der Waals surface area contributed by atoms with Gasteiger partial charge >= 0.3 is 0 Å². The van der Waals surface area contributed by atoms with Crippen molar-refractivity contribution in [3.63, 3.8) is 0 Å². The second-order valence-corrected chi connectivity index (χ2v) is 6.03. The van der Waals surface area contributed by atoms with E-state index in [0.29, 0.717) is 5.92 Å². The van der Waals surface area contributed by atoms with Crippen molar-refractivity contribution in [2.75, 3.05) is 13.7 Å². The van der Waals surface area contributed by atoms with Gasteiger partial charge < -0.3 is 4.74 Å². The molecule has 0 spiro atoms. The third-order valence-corrected chi connectivity index (χ3v) is 4.56. The maximum absolute atomic E-state index is 5.96. The summed E-state index contributed by atoms with van der Waals surface area (Å²) in [7, 11) is 2.20. The normalized spacial score (nSPS) is 24.0. The number of likely N-dealkylation sites (N-methyl/N-ethyl adjacent to an activating group) is 1. The summed E-state index contributed by atoms with van der Waals surface area (Å²) in [6.45, 7) is 3.98. The van der Waals surface area contributed by atoms with E-state index in [9.17, 15) is 0 Å². The molecular formula is C18H22N2O. The van der Waals surface area contributed by atoms with Gasteiger partial charge in [-0.25, -0.2) is 0 Å². The second kappa shape index (κ2) is 5.86. The number of pyridine rings is 1. The van der Waals surface area contributed by atoms with Gasteiger partial charge in [0, 0.05) is 12.7 Å². The third kappa shape index (κ3) is 3.08. The second-order valence-electron chi connectivity index (χ2n) is 6.03. The highest BCUT2D eigenvalue weighted by atomic mass is 16.5. The summed E-state index contributed by atoms with van der Waals surface area (Å²) in [4.78, 5) is 6.53. The Balaban J connectivity index is 1.63. The van der Waals surface area contributed by atoms with Gasteiger partial charge in [-0.3, -0.25) is 9.88 Å². The fourth-order valence-corrected chi connectivity index (χ4v) is 2.97. The van der Waals surface area contributed by atoms with Crippen molar-refractivity contribution < 1.29 is 4.74 Å². The Kier molecular flexibility index (Phi) is 3.93. The molecule has 0 bridgehead atoms. The van der Waals surface area contributed by atoms with Gasteiger partial charge in [0.1, 0.15) is 12.4 Å². The molecule has 1 aliphatic carbocycles. The molecule has 0 N–H and O–H groups in total. The Bertz CT molecular complexity index is 572. The van der Waals surface area contributed by atoms with Crippen molar-refractivity contribution >= 4 is 0 Å². The lowest BCUT2D eigenvalue weighted by Crippen LogP contribution is -2.40. The van der Waals surface area contributed by atoms with E-state index in [0.717, 1.165) is 18.9 Å². The minimum Gasteiger partial charge on any atom is -0.490 e.